The molecule has 0 saturated heterocycles. The summed E-state index contributed by atoms with van der Waals surface area (Å²) in [5.41, 5.74) is 3.37. The second kappa shape index (κ2) is 6.27. The Morgan fingerprint density at radius 2 is 2.00 bits per heavy atom. The maximum atomic E-state index is 12.1. The minimum absolute atomic E-state index is 0.168. The predicted molar refractivity (Wildman–Crippen MR) is 84.8 cm³/mol. The van der Waals surface area contributed by atoms with Crippen LogP contribution in [0.15, 0.2) is 47.5 Å². The molecule has 3 rings (SSSR count). The van der Waals surface area contributed by atoms with Gasteiger partial charge < -0.3 is 10.3 Å². The lowest BCUT2D eigenvalue weighted by Gasteiger charge is -2.01. The molecule has 0 radical (unpaired) electrons. The van der Waals surface area contributed by atoms with Gasteiger partial charge in [0.1, 0.15) is 5.69 Å². The molecule has 7 heteroatoms. The summed E-state index contributed by atoms with van der Waals surface area (Å²) >= 11 is 0. The van der Waals surface area contributed by atoms with E-state index >= 15 is 0 Å². The largest absolute Gasteiger partial charge is 0.345 e. The van der Waals surface area contributed by atoms with Crippen LogP contribution >= 0.6 is 0 Å². The molecule has 0 aliphatic heterocycles. The molecule has 0 unspecified atom stereocenters. The van der Waals surface area contributed by atoms with E-state index in [0.717, 1.165) is 11.1 Å². The standard InChI is InChI=1S/C16H15N5O2/c1-10-2-4-11(5-3-10)13-7-14(21-20-13)16(23)17-8-12-6-15(22)19-9-18-12/h2-7,9H,8H2,1H3,(H,17,23)(H,20,21)(H,18,19,22). The van der Waals surface area contributed by atoms with E-state index in [9.17, 15) is 9.59 Å². The van der Waals surface area contributed by atoms with Gasteiger partial charge >= 0.3 is 0 Å². The maximum absolute atomic E-state index is 12.1. The Bertz CT molecular complexity index is 880. The summed E-state index contributed by atoms with van der Waals surface area (Å²) in [7, 11) is 0. The van der Waals surface area contributed by atoms with Gasteiger partial charge in [-0.15, -0.1) is 0 Å². The third-order valence-electron chi connectivity index (χ3n) is 3.33. The molecule has 3 N–H and O–H groups in total. The van der Waals surface area contributed by atoms with Gasteiger partial charge in [-0.3, -0.25) is 14.7 Å². The van der Waals surface area contributed by atoms with E-state index in [4.69, 9.17) is 0 Å². The molecular formula is C16H15N5O2. The molecule has 0 saturated carbocycles. The van der Waals surface area contributed by atoms with Crippen LogP contribution in [-0.2, 0) is 6.54 Å². The third kappa shape index (κ3) is 3.52. The van der Waals surface area contributed by atoms with E-state index in [1.807, 2.05) is 31.2 Å². The summed E-state index contributed by atoms with van der Waals surface area (Å²) in [4.78, 5) is 29.7. The first-order valence-electron chi connectivity index (χ1n) is 7.06. The van der Waals surface area contributed by atoms with Crippen LogP contribution in [0.3, 0.4) is 0 Å². The normalized spacial score (nSPS) is 10.5. The highest BCUT2D eigenvalue weighted by molar-refractivity contribution is 5.93. The van der Waals surface area contributed by atoms with E-state index in [2.05, 4.69) is 25.5 Å². The van der Waals surface area contributed by atoms with Crippen LogP contribution in [0.25, 0.3) is 11.3 Å². The number of rotatable bonds is 4. The number of H-pyrrole nitrogens is 2. The number of amides is 1. The van der Waals surface area contributed by atoms with Crippen molar-refractivity contribution in [2.75, 3.05) is 0 Å². The van der Waals surface area contributed by atoms with Crippen molar-refractivity contribution in [1.82, 2.24) is 25.5 Å². The summed E-state index contributed by atoms with van der Waals surface area (Å²) in [6, 6.07) is 10.9. The van der Waals surface area contributed by atoms with Crippen LogP contribution in [0, 0.1) is 6.92 Å². The Labute approximate surface area is 131 Å². The Morgan fingerprint density at radius 1 is 1.22 bits per heavy atom. The summed E-state index contributed by atoms with van der Waals surface area (Å²) < 4.78 is 0. The lowest BCUT2D eigenvalue weighted by atomic mass is 10.1. The monoisotopic (exact) mass is 309 g/mol. The van der Waals surface area contributed by atoms with Crippen LogP contribution in [-0.4, -0.2) is 26.1 Å². The van der Waals surface area contributed by atoms with Crippen molar-refractivity contribution in [3.63, 3.8) is 0 Å². The number of hydrogen-bond acceptors (Lipinski definition) is 4. The summed E-state index contributed by atoms with van der Waals surface area (Å²) in [5, 5.41) is 9.56. The number of aryl methyl sites for hydroxylation is 1. The Kier molecular flexibility index (Phi) is 4.01. The highest BCUT2D eigenvalue weighted by Crippen LogP contribution is 2.18. The number of aromatic nitrogens is 4. The summed E-state index contributed by atoms with van der Waals surface area (Å²) in [5.74, 6) is -0.307. The predicted octanol–water partition coefficient (Wildman–Crippen LogP) is 1.40. The van der Waals surface area contributed by atoms with Crippen molar-refractivity contribution < 1.29 is 4.79 Å². The fourth-order valence-electron chi connectivity index (χ4n) is 2.08. The third-order valence-corrected chi connectivity index (χ3v) is 3.33. The molecule has 0 fully saturated rings. The first-order valence-corrected chi connectivity index (χ1v) is 7.06. The van der Waals surface area contributed by atoms with Crippen molar-refractivity contribution >= 4 is 5.91 Å². The molecule has 1 amide bonds. The molecule has 2 aromatic heterocycles. The molecule has 3 aromatic rings. The molecule has 0 spiro atoms. The molecule has 0 bridgehead atoms. The first-order chi connectivity index (χ1) is 11.1. The number of aromatic amines is 2. The average Bonchev–Trinajstić information content (AvgIpc) is 3.03. The zero-order valence-corrected chi connectivity index (χ0v) is 12.5. The molecule has 116 valence electrons. The summed E-state index contributed by atoms with van der Waals surface area (Å²) in [6.45, 7) is 2.18. The second-order valence-corrected chi connectivity index (χ2v) is 5.12. The smallest absolute Gasteiger partial charge is 0.269 e. The van der Waals surface area contributed by atoms with Crippen molar-refractivity contribution in [3.8, 4) is 11.3 Å². The zero-order valence-electron chi connectivity index (χ0n) is 12.5. The van der Waals surface area contributed by atoms with Crippen molar-refractivity contribution in [1.29, 1.82) is 0 Å². The Morgan fingerprint density at radius 3 is 2.74 bits per heavy atom. The quantitative estimate of drug-likeness (QED) is 0.677. The van der Waals surface area contributed by atoms with Gasteiger partial charge in [-0.05, 0) is 13.0 Å². The topological polar surface area (TPSA) is 104 Å². The molecule has 1 aromatic carbocycles. The number of nitrogens with zero attached hydrogens (tertiary/aromatic N) is 2. The molecule has 7 nitrogen and oxygen atoms in total. The highest BCUT2D eigenvalue weighted by Gasteiger charge is 2.11. The fraction of sp³-hybridized carbons (Fsp3) is 0.125. The minimum Gasteiger partial charge on any atom is -0.345 e. The van der Waals surface area contributed by atoms with Gasteiger partial charge in [0, 0.05) is 11.6 Å². The number of carbonyl (C=O) groups excluding carboxylic acids is 1. The van der Waals surface area contributed by atoms with Crippen molar-refractivity contribution in [3.05, 3.63) is 70.0 Å². The van der Waals surface area contributed by atoms with Gasteiger partial charge in [0.05, 0.1) is 24.3 Å². The number of carbonyl (C=O) groups is 1. The lowest BCUT2D eigenvalue weighted by molar-refractivity contribution is 0.0945. The van der Waals surface area contributed by atoms with Gasteiger partial charge in [0.15, 0.2) is 0 Å². The SMILES string of the molecule is Cc1ccc(-c2cc(C(=O)NCc3cc(=O)[nH]cn3)[nH]n2)cc1. The zero-order chi connectivity index (χ0) is 16.2. The van der Waals surface area contributed by atoms with Gasteiger partial charge in [0.25, 0.3) is 11.5 Å². The van der Waals surface area contributed by atoms with E-state index < -0.39 is 0 Å². The molecule has 23 heavy (non-hydrogen) atoms. The minimum atomic E-state index is -0.307. The summed E-state index contributed by atoms with van der Waals surface area (Å²) in [6.07, 6.45) is 1.30. The molecular weight excluding hydrogens is 294 g/mol. The fourth-order valence-corrected chi connectivity index (χ4v) is 2.08. The number of benzene rings is 1. The molecule has 0 atom stereocenters. The van der Waals surface area contributed by atoms with Gasteiger partial charge in [-0.25, -0.2) is 4.98 Å². The van der Waals surface area contributed by atoms with E-state index in [1.54, 1.807) is 6.07 Å². The highest BCUT2D eigenvalue weighted by atomic mass is 16.2. The van der Waals surface area contributed by atoms with E-state index in [1.165, 1.54) is 12.4 Å². The van der Waals surface area contributed by atoms with Crippen LogP contribution in [0.5, 0.6) is 0 Å². The first kappa shape index (κ1) is 14.7. The average molecular weight is 309 g/mol. The van der Waals surface area contributed by atoms with E-state index in [-0.39, 0.29) is 18.0 Å². The molecule has 0 aliphatic rings. The van der Waals surface area contributed by atoms with Gasteiger partial charge in [-0.2, -0.15) is 5.10 Å². The van der Waals surface area contributed by atoms with Crippen molar-refractivity contribution in [2.24, 2.45) is 0 Å². The molecule has 0 aliphatic carbocycles. The van der Waals surface area contributed by atoms with Crippen LogP contribution in [0.1, 0.15) is 21.7 Å². The maximum Gasteiger partial charge on any atom is 0.269 e. The van der Waals surface area contributed by atoms with Crippen LogP contribution < -0.4 is 10.9 Å². The second-order valence-electron chi connectivity index (χ2n) is 5.12. The molecule has 2 heterocycles. The number of nitrogens with one attached hydrogen (secondary N) is 3. The lowest BCUT2D eigenvalue weighted by Crippen LogP contribution is -2.24. The van der Waals surface area contributed by atoms with Gasteiger partial charge in [0.2, 0.25) is 0 Å². The van der Waals surface area contributed by atoms with Crippen molar-refractivity contribution in [2.45, 2.75) is 13.5 Å². The van der Waals surface area contributed by atoms with Crippen LogP contribution in [0.2, 0.25) is 0 Å². The Balaban J connectivity index is 1.69. The van der Waals surface area contributed by atoms with E-state index in [0.29, 0.717) is 17.1 Å². The van der Waals surface area contributed by atoms with Gasteiger partial charge in [-0.1, -0.05) is 29.8 Å². The Hall–Kier alpha value is -3.22. The van der Waals surface area contributed by atoms with Crippen LogP contribution in [0.4, 0.5) is 0 Å². The number of hydrogen-bond donors (Lipinski definition) is 3.